The van der Waals surface area contributed by atoms with E-state index in [1.54, 1.807) is 0 Å². The maximum absolute atomic E-state index is 10.6. The van der Waals surface area contributed by atoms with E-state index in [0.29, 0.717) is 5.82 Å². The second kappa shape index (κ2) is 7.82. The van der Waals surface area contributed by atoms with Crippen LogP contribution in [0.3, 0.4) is 0 Å². The molecule has 0 saturated carbocycles. The molecule has 2 aromatic carbocycles. The van der Waals surface area contributed by atoms with Gasteiger partial charge in [-0.2, -0.15) is 18.2 Å². The molecule has 0 saturated heterocycles. The molecule has 0 aliphatic carbocycles. The van der Waals surface area contributed by atoms with Crippen LogP contribution in [0.2, 0.25) is 0 Å². The Bertz CT molecular complexity index is 1250. The number of nitrogens with zero attached hydrogens (tertiary/aromatic N) is 3. The van der Waals surface area contributed by atoms with Crippen LogP contribution in [0.25, 0.3) is 32.9 Å². The number of nitrogen functional groups attached to an aromatic ring is 2. The Kier molecular flexibility index (Phi) is 5.57. The first-order chi connectivity index (χ1) is 14.0. The third kappa shape index (κ3) is 4.15. The fourth-order valence-electron chi connectivity index (χ4n) is 3.02. The molecule has 0 amide bonds. The molecule has 2 heterocycles. The van der Waals surface area contributed by atoms with Crippen LogP contribution in [0, 0.1) is 0 Å². The highest BCUT2D eigenvalue weighted by molar-refractivity contribution is 9.10. The highest BCUT2D eigenvalue weighted by atomic mass is 79.9. The minimum Gasteiger partial charge on any atom is -0.475 e. The van der Waals surface area contributed by atoms with E-state index in [9.17, 15) is 13.2 Å². The minimum atomic E-state index is -5.08. The number of carboxylic acids is 1. The van der Waals surface area contributed by atoms with Gasteiger partial charge in [-0.1, -0.05) is 28.1 Å². The lowest BCUT2D eigenvalue weighted by molar-refractivity contribution is -0.192. The molecule has 0 radical (unpaired) electrons. The van der Waals surface area contributed by atoms with Crippen molar-refractivity contribution < 1.29 is 23.1 Å². The van der Waals surface area contributed by atoms with Crippen molar-refractivity contribution >= 4 is 55.5 Å². The first-order valence-electron chi connectivity index (χ1n) is 8.36. The van der Waals surface area contributed by atoms with Gasteiger partial charge in [0.1, 0.15) is 5.82 Å². The number of aryl methyl sites for hydroxylation is 1. The van der Waals surface area contributed by atoms with Gasteiger partial charge >= 0.3 is 12.1 Å². The smallest absolute Gasteiger partial charge is 0.475 e. The van der Waals surface area contributed by atoms with Crippen molar-refractivity contribution in [3.05, 3.63) is 47.1 Å². The minimum absolute atomic E-state index is 0.187. The molecule has 0 aliphatic heterocycles. The number of anilines is 2. The van der Waals surface area contributed by atoms with Crippen LogP contribution in [0.15, 0.2) is 47.1 Å². The van der Waals surface area contributed by atoms with Crippen molar-refractivity contribution in [3.8, 4) is 11.1 Å². The van der Waals surface area contributed by atoms with Crippen molar-refractivity contribution in [1.29, 1.82) is 0 Å². The van der Waals surface area contributed by atoms with Crippen LogP contribution in [-0.2, 0) is 11.8 Å². The Labute approximate surface area is 176 Å². The number of benzene rings is 2. The van der Waals surface area contributed by atoms with E-state index in [1.807, 2.05) is 37.5 Å². The second-order valence-electron chi connectivity index (χ2n) is 6.28. The summed E-state index contributed by atoms with van der Waals surface area (Å²) in [5.41, 5.74) is 15.9. The number of fused-ring (bicyclic) bond motifs is 3. The highest BCUT2D eigenvalue weighted by Gasteiger charge is 2.38. The Morgan fingerprint density at radius 3 is 2.30 bits per heavy atom. The van der Waals surface area contributed by atoms with Crippen molar-refractivity contribution in [3.63, 3.8) is 0 Å². The quantitative estimate of drug-likeness (QED) is 0.371. The van der Waals surface area contributed by atoms with Crippen LogP contribution in [0.1, 0.15) is 0 Å². The number of hydrogen-bond acceptors (Lipinski definition) is 5. The number of halogens is 4. The topological polar surface area (TPSA) is 120 Å². The summed E-state index contributed by atoms with van der Waals surface area (Å²) < 4.78 is 34.9. The van der Waals surface area contributed by atoms with Crippen molar-refractivity contribution in [2.45, 2.75) is 6.18 Å². The molecule has 5 N–H and O–H groups in total. The molecule has 0 fully saturated rings. The Hall–Kier alpha value is -3.34. The first kappa shape index (κ1) is 21.4. The summed E-state index contributed by atoms with van der Waals surface area (Å²) in [5.74, 6) is -2.16. The van der Waals surface area contributed by atoms with E-state index in [-0.39, 0.29) is 5.95 Å². The van der Waals surface area contributed by atoms with Gasteiger partial charge in [0.15, 0.2) is 0 Å². The number of nitrogens with two attached hydrogens (primary N) is 2. The molecule has 11 heteroatoms. The Morgan fingerprint density at radius 1 is 1.13 bits per heavy atom. The molecule has 4 rings (SSSR count). The molecule has 4 aromatic rings. The average Bonchev–Trinajstić information content (AvgIpc) is 3.02. The van der Waals surface area contributed by atoms with Gasteiger partial charge in [0.2, 0.25) is 5.95 Å². The van der Waals surface area contributed by atoms with Gasteiger partial charge in [-0.15, -0.1) is 0 Å². The molecule has 0 bridgehead atoms. The van der Waals surface area contributed by atoms with E-state index < -0.39 is 12.1 Å². The number of alkyl halides is 3. The molecule has 30 heavy (non-hydrogen) atoms. The maximum Gasteiger partial charge on any atom is 0.490 e. The van der Waals surface area contributed by atoms with Crippen LogP contribution in [0.4, 0.5) is 24.9 Å². The van der Waals surface area contributed by atoms with Crippen molar-refractivity contribution in [1.82, 2.24) is 14.5 Å². The molecule has 0 unspecified atom stereocenters. The summed E-state index contributed by atoms with van der Waals surface area (Å²) in [4.78, 5) is 17.4. The predicted octanol–water partition coefficient (Wildman–Crippen LogP) is 4.35. The van der Waals surface area contributed by atoms with Crippen LogP contribution >= 0.6 is 15.9 Å². The summed E-state index contributed by atoms with van der Waals surface area (Å²) in [6, 6.07) is 12.3. The highest BCUT2D eigenvalue weighted by Crippen LogP contribution is 2.37. The summed E-state index contributed by atoms with van der Waals surface area (Å²) >= 11 is 3.47. The molecule has 0 aliphatic rings. The standard InChI is InChI=1S/C17H14BrN5.C2HF3O2/c1-23-7-6-11-14-13(21-17(20)22-16(14)19)8-12(15(11)23)9-2-4-10(18)5-3-9;3-2(4,5)1(6)7/h2-8H,1H3,(H4,19,20,21,22);(H,6,7). The number of carboxylic acid groups (broad SMARTS) is 1. The third-order valence-electron chi connectivity index (χ3n) is 4.26. The lowest BCUT2D eigenvalue weighted by Crippen LogP contribution is -2.21. The fourth-order valence-corrected chi connectivity index (χ4v) is 3.28. The molecular weight excluding hydrogens is 467 g/mol. The normalized spacial score (nSPS) is 11.4. The molecular formula is C19H15BrF3N5O2. The van der Waals surface area contributed by atoms with Gasteiger partial charge in [0.05, 0.1) is 16.4 Å². The van der Waals surface area contributed by atoms with E-state index in [0.717, 1.165) is 37.4 Å². The summed E-state index contributed by atoms with van der Waals surface area (Å²) in [7, 11) is 2.02. The number of rotatable bonds is 1. The van der Waals surface area contributed by atoms with E-state index in [4.69, 9.17) is 21.4 Å². The van der Waals surface area contributed by atoms with Crippen molar-refractivity contribution in [2.24, 2.45) is 7.05 Å². The zero-order valence-corrected chi connectivity index (χ0v) is 17.0. The summed E-state index contributed by atoms with van der Waals surface area (Å²) in [6.45, 7) is 0. The maximum atomic E-state index is 10.6. The summed E-state index contributed by atoms with van der Waals surface area (Å²) in [6.07, 6.45) is -3.07. The summed E-state index contributed by atoms with van der Waals surface area (Å²) in [5, 5.41) is 9.00. The number of carbonyl (C=O) groups is 1. The van der Waals surface area contributed by atoms with Gasteiger partial charge < -0.3 is 21.1 Å². The third-order valence-corrected chi connectivity index (χ3v) is 4.79. The zero-order chi connectivity index (χ0) is 22.2. The van der Waals surface area contributed by atoms with Crippen molar-refractivity contribution in [2.75, 3.05) is 11.5 Å². The zero-order valence-electron chi connectivity index (χ0n) is 15.4. The monoisotopic (exact) mass is 481 g/mol. The van der Waals surface area contributed by atoms with Gasteiger partial charge in [0.25, 0.3) is 0 Å². The largest absolute Gasteiger partial charge is 0.490 e. The molecule has 0 spiro atoms. The van der Waals surface area contributed by atoms with E-state index in [2.05, 4.69) is 42.6 Å². The van der Waals surface area contributed by atoms with Gasteiger partial charge in [-0.25, -0.2) is 9.78 Å². The van der Waals surface area contributed by atoms with Gasteiger partial charge in [0, 0.05) is 28.7 Å². The molecule has 0 atom stereocenters. The Balaban J connectivity index is 0.000000318. The van der Waals surface area contributed by atoms with Crippen LogP contribution in [0.5, 0.6) is 0 Å². The number of aliphatic carboxylic acids is 1. The van der Waals surface area contributed by atoms with Crippen LogP contribution in [-0.4, -0.2) is 31.8 Å². The fraction of sp³-hybridized carbons (Fsp3) is 0.105. The number of aromatic nitrogens is 3. The molecule has 2 aromatic heterocycles. The number of hydrogen-bond donors (Lipinski definition) is 3. The Morgan fingerprint density at radius 2 is 1.73 bits per heavy atom. The van der Waals surface area contributed by atoms with Gasteiger partial charge in [-0.3, -0.25) is 0 Å². The van der Waals surface area contributed by atoms with Crippen LogP contribution < -0.4 is 11.5 Å². The lowest BCUT2D eigenvalue weighted by Gasteiger charge is -2.11. The van der Waals surface area contributed by atoms with Gasteiger partial charge in [-0.05, 0) is 29.8 Å². The molecule has 7 nitrogen and oxygen atoms in total. The van der Waals surface area contributed by atoms with E-state index in [1.165, 1.54) is 0 Å². The van der Waals surface area contributed by atoms with E-state index >= 15 is 0 Å². The predicted molar refractivity (Wildman–Crippen MR) is 112 cm³/mol. The molecule has 156 valence electrons. The lowest BCUT2D eigenvalue weighted by atomic mass is 10.00. The average molecular weight is 482 g/mol. The SMILES string of the molecule is Cn1ccc2c3c(N)nc(N)nc3cc(-c3ccc(Br)cc3)c21.O=C(O)C(F)(F)F. The first-order valence-corrected chi connectivity index (χ1v) is 9.15. The second-order valence-corrected chi connectivity index (χ2v) is 7.20.